The van der Waals surface area contributed by atoms with E-state index in [1.165, 1.54) is 37.7 Å². The van der Waals surface area contributed by atoms with Crippen LogP contribution in [0.15, 0.2) is 24.3 Å². The van der Waals surface area contributed by atoms with Gasteiger partial charge in [-0.1, -0.05) is 57.2 Å². The molecule has 0 aromatic heterocycles. The van der Waals surface area contributed by atoms with Crippen molar-refractivity contribution in [1.82, 2.24) is 0 Å². The summed E-state index contributed by atoms with van der Waals surface area (Å²) >= 11 is 0. The van der Waals surface area contributed by atoms with Crippen molar-refractivity contribution in [2.45, 2.75) is 51.9 Å². The quantitative estimate of drug-likeness (QED) is 0.556. The molecule has 0 saturated carbocycles. The summed E-state index contributed by atoms with van der Waals surface area (Å²) in [6.45, 7) is 7.00. The third-order valence-corrected chi connectivity index (χ3v) is 3.00. The number of unbranched alkanes of at least 4 members (excludes halogenated alkanes) is 5. The molecular weight excluding hydrogens is 208 g/mol. The standard InChI is InChI=1S/C16H25O/c1-3-5-6-7-8-11-14-17-16-13-10-9-12-15(16)4-2/h9-10,12-13H,2-8,11,14H2,1H3. The van der Waals surface area contributed by atoms with Crippen LogP contribution in [0.1, 0.15) is 51.0 Å². The molecule has 0 fully saturated rings. The van der Waals surface area contributed by atoms with Crippen LogP contribution in [-0.4, -0.2) is 6.61 Å². The summed E-state index contributed by atoms with van der Waals surface area (Å²) in [4.78, 5) is 0. The highest BCUT2D eigenvalue weighted by Gasteiger charge is 1.99. The Hall–Kier alpha value is -0.980. The molecule has 0 bridgehead atoms. The minimum atomic E-state index is 0.798. The van der Waals surface area contributed by atoms with Crippen molar-refractivity contribution in [3.05, 3.63) is 36.8 Å². The van der Waals surface area contributed by atoms with Gasteiger partial charge < -0.3 is 4.74 Å². The lowest BCUT2D eigenvalue weighted by Gasteiger charge is -2.09. The van der Waals surface area contributed by atoms with E-state index in [9.17, 15) is 0 Å². The zero-order valence-corrected chi connectivity index (χ0v) is 11.1. The number of rotatable bonds is 9. The minimum Gasteiger partial charge on any atom is -0.493 e. The topological polar surface area (TPSA) is 9.23 Å². The Morgan fingerprint density at radius 1 is 1.00 bits per heavy atom. The molecule has 0 unspecified atom stereocenters. The van der Waals surface area contributed by atoms with Crippen LogP contribution in [0.25, 0.3) is 0 Å². The normalized spacial score (nSPS) is 10.5. The second kappa shape index (κ2) is 9.09. The number of benzene rings is 1. The lowest BCUT2D eigenvalue weighted by Crippen LogP contribution is -1.99. The third kappa shape index (κ3) is 5.76. The summed E-state index contributed by atoms with van der Waals surface area (Å²) in [6, 6.07) is 8.19. The number of hydrogen-bond donors (Lipinski definition) is 0. The van der Waals surface area contributed by atoms with E-state index in [-0.39, 0.29) is 0 Å². The van der Waals surface area contributed by atoms with Gasteiger partial charge in [0.25, 0.3) is 0 Å². The molecule has 1 heteroatoms. The molecule has 0 amide bonds. The van der Waals surface area contributed by atoms with Crippen molar-refractivity contribution in [2.24, 2.45) is 0 Å². The van der Waals surface area contributed by atoms with Gasteiger partial charge >= 0.3 is 0 Å². The maximum absolute atomic E-state index is 5.79. The summed E-state index contributed by atoms with van der Waals surface area (Å²) in [5.74, 6) is 1.01. The van der Waals surface area contributed by atoms with Crippen LogP contribution in [-0.2, 0) is 6.42 Å². The summed E-state index contributed by atoms with van der Waals surface area (Å²) in [7, 11) is 0. The lowest BCUT2D eigenvalue weighted by molar-refractivity contribution is 0.302. The molecule has 0 atom stereocenters. The van der Waals surface area contributed by atoms with Gasteiger partial charge in [-0.15, -0.1) is 0 Å². The van der Waals surface area contributed by atoms with Gasteiger partial charge in [-0.3, -0.25) is 0 Å². The Morgan fingerprint density at radius 2 is 1.71 bits per heavy atom. The van der Waals surface area contributed by atoms with Crippen LogP contribution in [0.5, 0.6) is 5.75 Å². The van der Waals surface area contributed by atoms with Gasteiger partial charge in [0.15, 0.2) is 0 Å². The predicted octanol–water partition coefficient (Wildman–Crippen LogP) is 4.80. The first kappa shape index (κ1) is 14.1. The SMILES string of the molecule is [CH2]Cc1ccccc1OCCCCCCCC. The number of hydrogen-bond acceptors (Lipinski definition) is 1. The van der Waals surface area contributed by atoms with E-state index in [0.29, 0.717) is 0 Å². The van der Waals surface area contributed by atoms with Crippen LogP contribution in [0, 0.1) is 6.92 Å². The monoisotopic (exact) mass is 233 g/mol. The molecule has 0 aliphatic carbocycles. The zero-order valence-electron chi connectivity index (χ0n) is 11.1. The summed E-state index contributed by atoms with van der Waals surface area (Å²) in [5, 5.41) is 0. The van der Waals surface area contributed by atoms with Gasteiger partial charge in [-0.2, -0.15) is 0 Å². The molecule has 1 nitrogen and oxygen atoms in total. The van der Waals surface area contributed by atoms with Crippen LogP contribution in [0.3, 0.4) is 0 Å². The van der Waals surface area contributed by atoms with Crippen molar-refractivity contribution in [1.29, 1.82) is 0 Å². The first-order valence-electron chi connectivity index (χ1n) is 6.88. The largest absolute Gasteiger partial charge is 0.493 e. The van der Waals surface area contributed by atoms with Crippen LogP contribution in [0.2, 0.25) is 0 Å². The molecule has 1 rings (SSSR count). The van der Waals surface area contributed by atoms with Crippen LogP contribution >= 0.6 is 0 Å². The highest BCUT2D eigenvalue weighted by molar-refractivity contribution is 5.33. The van der Waals surface area contributed by atoms with E-state index in [2.05, 4.69) is 19.9 Å². The van der Waals surface area contributed by atoms with Gasteiger partial charge in [0.05, 0.1) is 6.61 Å². The zero-order chi connectivity index (χ0) is 12.3. The molecule has 1 radical (unpaired) electrons. The maximum atomic E-state index is 5.79. The predicted molar refractivity (Wildman–Crippen MR) is 74.4 cm³/mol. The summed E-state index contributed by atoms with van der Waals surface area (Å²) in [5.41, 5.74) is 1.21. The highest BCUT2D eigenvalue weighted by atomic mass is 16.5. The van der Waals surface area contributed by atoms with E-state index in [4.69, 9.17) is 4.74 Å². The van der Waals surface area contributed by atoms with Crippen LogP contribution < -0.4 is 4.74 Å². The van der Waals surface area contributed by atoms with Crippen molar-refractivity contribution in [3.63, 3.8) is 0 Å². The summed E-state index contributed by atoms with van der Waals surface area (Å²) < 4.78 is 5.79. The van der Waals surface area contributed by atoms with E-state index < -0.39 is 0 Å². The maximum Gasteiger partial charge on any atom is 0.122 e. The Morgan fingerprint density at radius 3 is 2.47 bits per heavy atom. The molecule has 1 aromatic rings. The molecule has 1 aromatic carbocycles. The highest BCUT2D eigenvalue weighted by Crippen LogP contribution is 2.18. The van der Waals surface area contributed by atoms with Gasteiger partial charge in [0.1, 0.15) is 5.75 Å². The second-order valence-corrected chi connectivity index (χ2v) is 4.47. The fourth-order valence-corrected chi connectivity index (χ4v) is 1.92. The Bertz CT molecular complexity index is 293. The number of ether oxygens (including phenoxy) is 1. The van der Waals surface area contributed by atoms with Crippen molar-refractivity contribution in [3.8, 4) is 5.75 Å². The first-order chi connectivity index (χ1) is 8.38. The molecular formula is C16H25O. The van der Waals surface area contributed by atoms with Gasteiger partial charge in [-0.25, -0.2) is 0 Å². The lowest BCUT2D eigenvalue weighted by atomic mass is 10.1. The fourth-order valence-electron chi connectivity index (χ4n) is 1.92. The average molecular weight is 233 g/mol. The van der Waals surface area contributed by atoms with Gasteiger partial charge in [0, 0.05) is 0 Å². The van der Waals surface area contributed by atoms with E-state index in [1.54, 1.807) is 0 Å². The molecule has 0 aliphatic rings. The Kier molecular flexibility index (Phi) is 7.53. The van der Waals surface area contributed by atoms with E-state index in [0.717, 1.165) is 25.2 Å². The molecule has 0 spiro atoms. The fraction of sp³-hybridized carbons (Fsp3) is 0.562. The van der Waals surface area contributed by atoms with E-state index >= 15 is 0 Å². The molecule has 0 heterocycles. The third-order valence-electron chi connectivity index (χ3n) is 3.00. The molecule has 17 heavy (non-hydrogen) atoms. The smallest absolute Gasteiger partial charge is 0.122 e. The molecule has 0 aliphatic heterocycles. The van der Waals surface area contributed by atoms with Gasteiger partial charge in [-0.05, 0) is 31.4 Å². The number of para-hydroxylation sites is 1. The molecule has 0 N–H and O–H groups in total. The summed E-state index contributed by atoms with van der Waals surface area (Å²) in [6.07, 6.45) is 8.63. The molecule has 0 saturated heterocycles. The van der Waals surface area contributed by atoms with Crippen LogP contribution in [0.4, 0.5) is 0 Å². The first-order valence-corrected chi connectivity index (χ1v) is 6.88. The Labute approximate surface area is 106 Å². The van der Waals surface area contributed by atoms with Crippen molar-refractivity contribution in [2.75, 3.05) is 6.61 Å². The van der Waals surface area contributed by atoms with Crippen molar-refractivity contribution >= 4 is 0 Å². The molecule has 95 valence electrons. The minimum absolute atomic E-state index is 0.798. The van der Waals surface area contributed by atoms with E-state index in [1.807, 2.05) is 18.2 Å². The average Bonchev–Trinajstić information content (AvgIpc) is 2.38. The van der Waals surface area contributed by atoms with Gasteiger partial charge in [0.2, 0.25) is 0 Å². The van der Waals surface area contributed by atoms with Crippen molar-refractivity contribution < 1.29 is 4.74 Å². The second-order valence-electron chi connectivity index (χ2n) is 4.47. The Balaban J connectivity index is 2.13.